The fourth-order valence-corrected chi connectivity index (χ4v) is 0. The molecule has 0 aromatic heterocycles. The van der Waals surface area contributed by atoms with Gasteiger partial charge in [-0.15, -0.1) is 0 Å². The maximum absolute atomic E-state index is 8.89. The molecule has 0 radical (unpaired) electrons. The van der Waals surface area contributed by atoms with E-state index in [-0.39, 0.29) is 0 Å². The van der Waals surface area contributed by atoms with Crippen LogP contribution in [0.25, 0.3) is 0 Å². The lowest BCUT2D eigenvalue weighted by atomic mass is 10.9. The number of hydrogen-bond acceptors (Lipinski definition) is 7. The van der Waals surface area contributed by atoms with E-state index < -0.39 is 17.9 Å². The zero-order chi connectivity index (χ0) is 14.3. The average molecular weight is 242 g/mol. The van der Waals surface area contributed by atoms with Gasteiger partial charge in [0, 0.05) is 17.9 Å². The second kappa shape index (κ2) is 18.9. The highest BCUT2D eigenvalue weighted by Gasteiger charge is 1.73. The molecule has 0 fully saturated rings. The van der Waals surface area contributed by atoms with E-state index in [0.29, 0.717) is 0 Å². The molecule has 0 spiro atoms. The van der Waals surface area contributed by atoms with Crippen molar-refractivity contribution >= 4 is 17.9 Å². The summed E-state index contributed by atoms with van der Waals surface area (Å²) in [6.07, 6.45) is 0. The first kappa shape index (κ1) is 23.8. The van der Waals surface area contributed by atoms with Crippen molar-refractivity contribution in [1.29, 1.82) is 0 Å². The minimum absolute atomic E-state index is 0.972. The van der Waals surface area contributed by atoms with E-state index in [0.717, 1.165) is 20.8 Å². The van der Waals surface area contributed by atoms with Gasteiger partial charge < -0.3 is 29.7 Å². The number of rotatable bonds is 0. The molecule has 0 unspecified atom stereocenters. The number of carboxylic acids is 3. The molecule has 0 heterocycles. The normalized spacial score (nSPS) is 6.94. The standard InChI is InChI=1S/3C2H4O2.H6N4/c3*1-2(3)4;1-4(2)3/h3*1H3,(H,3,4);1-3H2. The van der Waals surface area contributed by atoms with E-state index in [4.69, 9.17) is 29.7 Å². The van der Waals surface area contributed by atoms with Gasteiger partial charge in [-0.1, -0.05) is 0 Å². The van der Waals surface area contributed by atoms with Crippen LogP contribution in [0, 0.1) is 0 Å². The molecule has 0 saturated heterocycles. The summed E-state index contributed by atoms with van der Waals surface area (Å²) in [5.74, 6) is 6.50. The molecule has 98 valence electrons. The summed E-state index contributed by atoms with van der Waals surface area (Å²) in [4.78, 5) is 26.7. The molecule has 10 heteroatoms. The molecule has 9 N–H and O–H groups in total. The van der Waals surface area contributed by atoms with Gasteiger partial charge in [-0.25, -0.2) is 0 Å². The topological polar surface area (TPSA) is 207 Å². The number of hydrogen-bond donors (Lipinski definition) is 3. The number of carboxylic acid groups (broad SMARTS) is 3. The molecule has 0 atom stereocenters. The fourth-order valence-electron chi connectivity index (χ4n) is 0. The van der Waals surface area contributed by atoms with Gasteiger partial charge in [0.25, 0.3) is 0 Å². The van der Waals surface area contributed by atoms with Crippen molar-refractivity contribution < 1.29 is 47.2 Å². The molecule has 0 amide bonds. The third-order valence-corrected chi connectivity index (χ3v) is 0. The molecule has 0 aromatic rings. The van der Waals surface area contributed by atoms with Crippen LogP contribution in [0.2, 0.25) is 0 Å². The maximum atomic E-state index is 8.89. The van der Waals surface area contributed by atoms with E-state index >= 15 is 0 Å². The van der Waals surface area contributed by atoms with E-state index in [9.17, 15) is 0 Å². The summed E-state index contributed by atoms with van der Waals surface area (Å²) in [6, 6.07) is 0. The smallest absolute Gasteiger partial charge is 0.156 e. The molecule has 0 bridgehead atoms. The Morgan fingerprint density at radius 2 is 0.750 bits per heavy atom. The maximum Gasteiger partial charge on any atom is 0.156 e. The quantitative estimate of drug-likeness (QED) is 0.349. The predicted octanol–water partition coefficient (Wildman–Crippen LogP) is -7.97. The summed E-state index contributed by atoms with van der Waals surface area (Å²) < 4.78 is 0. The molecule has 16 heavy (non-hydrogen) atoms. The molecular weight excluding hydrogens is 224 g/mol. The van der Waals surface area contributed by atoms with Crippen molar-refractivity contribution in [2.45, 2.75) is 20.8 Å². The van der Waals surface area contributed by atoms with Crippen LogP contribution < -0.4 is 32.8 Å². The van der Waals surface area contributed by atoms with Gasteiger partial charge in [0.1, 0.15) is 0 Å². The number of quaternary nitrogens is 3. The van der Waals surface area contributed by atoms with Gasteiger partial charge in [-0.3, -0.25) is 0 Å². The van der Waals surface area contributed by atoms with Crippen LogP contribution in [0.1, 0.15) is 20.8 Å². The zero-order valence-electron chi connectivity index (χ0n) is 9.52. The first-order chi connectivity index (χ1) is 6.93. The summed E-state index contributed by atoms with van der Waals surface area (Å²) >= 11 is 0. The average Bonchev–Trinajstić information content (AvgIpc) is 1.76. The molecule has 0 aromatic carbocycles. The summed E-state index contributed by atoms with van der Waals surface area (Å²) in [5, 5.41) is 27.9. The Balaban J connectivity index is -0.0000000600. The number of aliphatic carboxylic acids is 3. The molecular formula is C6H18N4O6. The van der Waals surface area contributed by atoms with Gasteiger partial charge in [0.2, 0.25) is 0 Å². The van der Waals surface area contributed by atoms with Crippen LogP contribution in [-0.2, 0) is 14.4 Å². The lowest BCUT2D eigenvalue weighted by Crippen LogP contribution is -3.05. The van der Waals surface area contributed by atoms with E-state index in [1.165, 1.54) is 5.23 Å². The molecule has 10 nitrogen and oxygen atoms in total. The first-order valence-electron chi connectivity index (χ1n) is 3.67. The number of nitrogens with zero attached hydrogens (tertiary/aromatic N) is 1. The lowest BCUT2D eigenvalue weighted by Gasteiger charge is -1.77. The fraction of sp³-hybridized carbons (Fsp3) is 0.500. The second-order valence-electron chi connectivity index (χ2n) is 2.15. The van der Waals surface area contributed by atoms with Crippen molar-refractivity contribution in [1.82, 2.24) is 5.23 Å². The van der Waals surface area contributed by atoms with Crippen LogP contribution in [0.3, 0.4) is 0 Å². The first-order valence-corrected chi connectivity index (χ1v) is 3.67. The van der Waals surface area contributed by atoms with Crippen LogP contribution in [0.15, 0.2) is 0 Å². The van der Waals surface area contributed by atoms with Crippen molar-refractivity contribution in [2.24, 2.45) is 0 Å². The highest BCUT2D eigenvalue weighted by molar-refractivity contribution is 5.60. The van der Waals surface area contributed by atoms with Gasteiger partial charge in [0.05, 0.1) is 0 Å². The van der Waals surface area contributed by atoms with Crippen LogP contribution in [0.5, 0.6) is 0 Å². The minimum Gasteiger partial charge on any atom is -0.550 e. The van der Waals surface area contributed by atoms with Gasteiger partial charge in [0.15, 0.2) is 5.23 Å². The summed E-state index contributed by atoms with van der Waals surface area (Å²) in [5.41, 5.74) is 0. The monoisotopic (exact) mass is 242 g/mol. The lowest BCUT2D eigenvalue weighted by molar-refractivity contribution is -1.04. The van der Waals surface area contributed by atoms with E-state index in [2.05, 4.69) is 17.5 Å². The summed E-state index contributed by atoms with van der Waals surface area (Å²) in [7, 11) is 0. The predicted molar refractivity (Wildman–Crippen MR) is 42.5 cm³/mol. The molecule has 0 aliphatic heterocycles. The van der Waals surface area contributed by atoms with E-state index in [1.807, 2.05) is 0 Å². The van der Waals surface area contributed by atoms with Crippen molar-refractivity contribution in [2.75, 3.05) is 0 Å². The third-order valence-electron chi connectivity index (χ3n) is 0. The Hall–Kier alpha value is -1.75. The highest BCUT2D eigenvalue weighted by atomic mass is 16.4. The van der Waals surface area contributed by atoms with Crippen LogP contribution in [0.4, 0.5) is 0 Å². The molecule has 0 aliphatic carbocycles. The van der Waals surface area contributed by atoms with Crippen LogP contribution in [-0.4, -0.2) is 23.1 Å². The second-order valence-corrected chi connectivity index (χ2v) is 2.15. The van der Waals surface area contributed by atoms with Gasteiger partial charge in [-0.05, 0) is 20.8 Å². The minimum atomic E-state index is -1.08. The number of carbonyl (C=O) groups excluding carboxylic acids is 3. The Bertz CT molecular complexity index is 152. The Labute approximate surface area is 92.1 Å². The number of carbonyl (C=O) groups is 3. The van der Waals surface area contributed by atoms with Crippen molar-refractivity contribution in [3.63, 3.8) is 0 Å². The Morgan fingerprint density at radius 3 is 0.750 bits per heavy atom. The molecule has 0 aliphatic rings. The largest absolute Gasteiger partial charge is 0.550 e. The summed E-state index contributed by atoms with van der Waals surface area (Å²) in [6.45, 7) is 2.92. The molecule has 0 rings (SSSR count). The SMILES string of the molecule is CC(=O)[O-].CC(=O)[O-].CC(=O)[O-].[NH3+]N([NH3+])[NH3+]. The van der Waals surface area contributed by atoms with Crippen LogP contribution >= 0.6 is 0 Å². The van der Waals surface area contributed by atoms with Gasteiger partial charge in [-0.2, -0.15) is 17.5 Å². The van der Waals surface area contributed by atoms with Gasteiger partial charge >= 0.3 is 0 Å². The van der Waals surface area contributed by atoms with Crippen molar-refractivity contribution in [3.8, 4) is 0 Å². The third kappa shape index (κ3) is 506. The van der Waals surface area contributed by atoms with Crippen molar-refractivity contribution in [3.05, 3.63) is 0 Å². The van der Waals surface area contributed by atoms with E-state index in [1.54, 1.807) is 0 Å². The highest BCUT2D eigenvalue weighted by Crippen LogP contribution is 1.31. The zero-order valence-corrected chi connectivity index (χ0v) is 9.52. The Kier molecular flexibility index (Phi) is 28.2. The molecule has 0 saturated carbocycles. The Morgan fingerprint density at radius 1 is 0.750 bits per heavy atom.